The molecular weight excluding hydrogens is 364 g/mol. The highest BCUT2D eigenvalue weighted by Gasteiger charge is 2.13. The van der Waals surface area contributed by atoms with Crippen LogP contribution in [0.25, 0.3) is 0 Å². The maximum absolute atomic E-state index is 11.7. The molecule has 0 unspecified atom stereocenters. The molecule has 1 heterocycles. The van der Waals surface area contributed by atoms with E-state index in [1.807, 2.05) is 18.2 Å². The zero-order chi connectivity index (χ0) is 19.8. The molecule has 2 rings (SSSR count). The molecule has 8 heteroatoms. The molecule has 0 spiro atoms. The molecule has 0 aliphatic rings. The van der Waals surface area contributed by atoms with Crippen molar-refractivity contribution in [2.24, 2.45) is 0 Å². The summed E-state index contributed by atoms with van der Waals surface area (Å²) in [5.41, 5.74) is 7.88. The predicted molar refractivity (Wildman–Crippen MR) is 109 cm³/mol. The summed E-state index contributed by atoms with van der Waals surface area (Å²) in [7, 11) is 0. The molecule has 0 atom stereocenters. The second-order valence-electron chi connectivity index (χ2n) is 5.87. The van der Waals surface area contributed by atoms with E-state index in [1.54, 1.807) is 32.2 Å². The first-order chi connectivity index (χ1) is 13.0. The number of aliphatic hydroxyl groups excluding tert-OH is 2. The molecule has 27 heavy (non-hydrogen) atoms. The van der Waals surface area contributed by atoms with Gasteiger partial charge in [-0.15, -0.1) is 11.4 Å². The van der Waals surface area contributed by atoms with Crippen molar-refractivity contribution < 1.29 is 15.0 Å². The van der Waals surface area contributed by atoms with E-state index in [1.165, 1.54) is 4.90 Å². The maximum Gasteiger partial charge on any atom is 0.214 e. The maximum atomic E-state index is 11.7. The summed E-state index contributed by atoms with van der Waals surface area (Å²) in [6.45, 7) is 3.63. The van der Waals surface area contributed by atoms with Gasteiger partial charge in [0, 0.05) is 41.0 Å². The standard InChI is InChI=1S/C19H24N4O3S/c1-13(23(12-25)11-16-10-21-14(2)22-18(16)20)17(8-9-24)27-19(26)15-6-4-3-5-7-15/h3-7,10,12,24,26-27H,8-9,11H2,1-2H3,(H2,20,21,22)/b17-13-. The number of anilines is 1. The van der Waals surface area contributed by atoms with Crippen LogP contribution in [0.3, 0.4) is 0 Å². The molecule has 2 aromatic rings. The Hall–Kier alpha value is -2.55. The smallest absolute Gasteiger partial charge is 0.214 e. The van der Waals surface area contributed by atoms with Gasteiger partial charge >= 0.3 is 0 Å². The lowest BCUT2D eigenvalue weighted by atomic mass is 10.2. The number of thiol groups is 1. The predicted octanol–water partition coefficient (Wildman–Crippen LogP) is 2.14. The molecule has 0 saturated carbocycles. The van der Waals surface area contributed by atoms with E-state index in [-0.39, 0.29) is 18.2 Å². The second kappa shape index (κ2) is 9.96. The SMILES string of the molecule is C/C(=C(CCO)/[SH]=C(\O)c1ccccc1)N(C=O)Cc1cnc(C)nc1N. The Morgan fingerprint density at radius 3 is 2.63 bits per heavy atom. The van der Waals surface area contributed by atoms with Crippen molar-refractivity contribution in [3.63, 3.8) is 0 Å². The van der Waals surface area contributed by atoms with Gasteiger partial charge < -0.3 is 20.8 Å². The molecule has 0 aliphatic carbocycles. The van der Waals surface area contributed by atoms with Crippen molar-refractivity contribution in [2.75, 3.05) is 12.3 Å². The van der Waals surface area contributed by atoms with Gasteiger partial charge in [0.25, 0.3) is 0 Å². The van der Waals surface area contributed by atoms with Gasteiger partial charge in [0.2, 0.25) is 6.41 Å². The number of nitrogen functional groups attached to an aromatic ring is 1. The molecule has 144 valence electrons. The van der Waals surface area contributed by atoms with Gasteiger partial charge in [-0.3, -0.25) is 4.79 Å². The van der Waals surface area contributed by atoms with Gasteiger partial charge in [0.15, 0.2) is 0 Å². The van der Waals surface area contributed by atoms with E-state index in [2.05, 4.69) is 9.97 Å². The van der Waals surface area contributed by atoms with E-state index in [9.17, 15) is 15.0 Å². The lowest BCUT2D eigenvalue weighted by Gasteiger charge is -2.21. The third kappa shape index (κ3) is 5.72. The van der Waals surface area contributed by atoms with Crippen LogP contribution < -0.4 is 5.73 Å². The van der Waals surface area contributed by atoms with Gasteiger partial charge in [0.1, 0.15) is 16.7 Å². The number of amides is 1. The fraction of sp³-hybridized carbons (Fsp3) is 0.263. The Morgan fingerprint density at radius 1 is 1.33 bits per heavy atom. The highest BCUT2D eigenvalue weighted by Crippen LogP contribution is 2.23. The Morgan fingerprint density at radius 2 is 2.04 bits per heavy atom. The van der Waals surface area contributed by atoms with Crippen molar-refractivity contribution in [1.82, 2.24) is 14.9 Å². The molecule has 4 N–H and O–H groups in total. The van der Waals surface area contributed by atoms with Crippen LogP contribution in [0.15, 0.2) is 47.1 Å². The highest BCUT2D eigenvalue weighted by atomic mass is 32.1. The first kappa shape index (κ1) is 20.8. The number of benzene rings is 1. The Kier molecular flexibility index (Phi) is 7.66. The molecule has 0 saturated heterocycles. The molecule has 0 aliphatic heterocycles. The fourth-order valence-electron chi connectivity index (χ4n) is 2.42. The molecule has 7 nitrogen and oxygen atoms in total. The second-order valence-corrected chi connectivity index (χ2v) is 7.06. The normalized spacial score (nSPS) is 12.8. The summed E-state index contributed by atoms with van der Waals surface area (Å²) in [6, 6.07) is 9.14. The van der Waals surface area contributed by atoms with Crippen LogP contribution in [0, 0.1) is 6.92 Å². The first-order valence-corrected chi connectivity index (χ1v) is 9.29. The largest absolute Gasteiger partial charge is 0.396 e. The number of hydrogen-bond donors (Lipinski definition) is 4. The minimum Gasteiger partial charge on any atom is -0.396 e. The summed E-state index contributed by atoms with van der Waals surface area (Å²) >= 11 is 0.531. The van der Waals surface area contributed by atoms with Crippen LogP contribution >= 0.6 is 11.4 Å². The number of nitrogens with zero attached hydrogens (tertiary/aromatic N) is 3. The summed E-state index contributed by atoms with van der Waals surface area (Å²) < 4.78 is 0. The van der Waals surface area contributed by atoms with Crippen molar-refractivity contribution in [2.45, 2.75) is 26.8 Å². The third-order valence-corrected chi connectivity index (χ3v) is 5.24. The minimum atomic E-state index is -0.0930. The fourth-order valence-corrected chi connectivity index (χ4v) is 3.46. The van der Waals surface area contributed by atoms with Gasteiger partial charge in [0.05, 0.1) is 6.54 Å². The van der Waals surface area contributed by atoms with Crippen molar-refractivity contribution in [3.8, 4) is 0 Å². The number of allylic oxidation sites excluding steroid dienone is 1. The number of aryl methyl sites for hydroxylation is 1. The molecule has 1 aromatic carbocycles. The van der Waals surface area contributed by atoms with Crippen molar-refractivity contribution in [3.05, 3.63) is 64.1 Å². The molecule has 0 bridgehead atoms. The number of rotatable bonds is 8. The molecule has 0 fully saturated rings. The topological polar surface area (TPSA) is 113 Å². The van der Waals surface area contributed by atoms with Crippen LogP contribution in [0.1, 0.15) is 30.3 Å². The van der Waals surface area contributed by atoms with Gasteiger partial charge in [-0.2, -0.15) is 0 Å². The zero-order valence-electron chi connectivity index (χ0n) is 15.3. The molecular formula is C19H24N4O3S. The first-order valence-electron chi connectivity index (χ1n) is 8.39. The van der Waals surface area contributed by atoms with Gasteiger partial charge in [-0.25, -0.2) is 9.97 Å². The van der Waals surface area contributed by atoms with E-state index in [0.717, 1.165) is 4.91 Å². The number of carbonyl (C=O) groups is 1. The number of nitrogens with two attached hydrogens (primary N) is 1. The van der Waals surface area contributed by atoms with Crippen molar-refractivity contribution >= 4 is 28.6 Å². The third-order valence-electron chi connectivity index (χ3n) is 3.96. The Labute approximate surface area is 162 Å². The number of carbonyl (C=O) groups excluding carboxylic acids is 1. The zero-order valence-corrected chi connectivity index (χ0v) is 16.2. The summed E-state index contributed by atoms with van der Waals surface area (Å²) in [5.74, 6) is 0.880. The number of aliphatic hydroxyl groups is 2. The minimum absolute atomic E-state index is 0.0930. The lowest BCUT2D eigenvalue weighted by Crippen LogP contribution is -2.22. The van der Waals surface area contributed by atoms with Crippen LogP contribution in [0.2, 0.25) is 0 Å². The molecule has 1 amide bonds. The summed E-state index contributed by atoms with van der Waals surface area (Å²) in [5, 5.41) is 20.0. The average molecular weight is 388 g/mol. The Balaban J connectivity index is 2.36. The van der Waals surface area contributed by atoms with E-state index < -0.39 is 0 Å². The van der Waals surface area contributed by atoms with Gasteiger partial charge in [-0.1, -0.05) is 30.3 Å². The number of hydrogen-bond acceptors (Lipinski definition) is 5. The van der Waals surface area contributed by atoms with E-state index >= 15 is 0 Å². The quantitative estimate of drug-likeness (QED) is 0.313. The van der Waals surface area contributed by atoms with Crippen LogP contribution in [-0.4, -0.2) is 43.1 Å². The van der Waals surface area contributed by atoms with Gasteiger partial charge in [-0.05, 0) is 13.8 Å². The van der Waals surface area contributed by atoms with Crippen LogP contribution in [0.4, 0.5) is 5.82 Å². The summed E-state index contributed by atoms with van der Waals surface area (Å²) in [6.07, 6.45) is 2.62. The van der Waals surface area contributed by atoms with Crippen LogP contribution in [-0.2, 0) is 11.3 Å². The Bertz CT molecular complexity index is 853. The number of aromatic nitrogens is 2. The highest BCUT2D eigenvalue weighted by molar-refractivity contribution is 8.02. The molecule has 0 radical (unpaired) electrons. The lowest BCUT2D eigenvalue weighted by molar-refractivity contribution is -0.116. The van der Waals surface area contributed by atoms with E-state index in [0.29, 0.717) is 52.6 Å². The van der Waals surface area contributed by atoms with Crippen molar-refractivity contribution in [1.29, 1.82) is 0 Å². The monoisotopic (exact) mass is 388 g/mol. The molecule has 1 aromatic heterocycles. The van der Waals surface area contributed by atoms with E-state index in [4.69, 9.17) is 5.73 Å². The summed E-state index contributed by atoms with van der Waals surface area (Å²) in [4.78, 5) is 22.1. The average Bonchev–Trinajstić information content (AvgIpc) is 2.67. The van der Waals surface area contributed by atoms with Crippen LogP contribution in [0.5, 0.6) is 0 Å².